The van der Waals surface area contributed by atoms with Crippen LogP contribution in [-0.4, -0.2) is 22.2 Å². The third-order valence-corrected chi connectivity index (χ3v) is 9.62. The van der Waals surface area contributed by atoms with Gasteiger partial charge >= 0.3 is 29.6 Å². The van der Waals surface area contributed by atoms with Crippen LogP contribution in [0.3, 0.4) is 0 Å². The average Bonchev–Trinajstić information content (AvgIpc) is 2.53. The summed E-state index contributed by atoms with van der Waals surface area (Å²) in [5.41, 5.74) is 2.77. The Morgan fingerprint density at radius 2 is 1.76 bits per heavy atom. The van der Waals surface area contributed by atoms with Crippen molar-refractivity contribution < 1.29 is 38.0 Å². The Morgan fingerprint density at radius 3 is 2.32 bits per heavy atom. The van der Waals surface area contributed by atoms with E-state index in [1.54, 1.807) is 24.3 Å². The summed E-state index contributed by atoms with van der Waals surface area (Å²) in [6.45, 7) is 9.17. The van der Waals surface area contributed by atoms with Gasteiger partial charge in [0.05, 0.1) is 4.90 Å². The molecule has 4 nitrogen and oxygen atoms in total. The number of sulfonamides is 1. The molecule has 0 spiro atoms. The van der Waals surface area contributed by atoms with Crippen LogP contribution in [0.1, 0.15) is 31.2 Å². The summed E-state index contributed by atoms with van der Waals surface area (Å²) in [5.74, 6) is 1.11. The van der Waals surface area contributed by atoms with Gasteiger partial charge in [-0.1, -0.05) is 37.3 Å². The van der Waals surface area contributed by atoms with Gasteiger partial charge in [-0.2, -0.15) is 0 Å². The topological polar surface area (TPSA) is 60.6 Å². The van der Waals surface area contributed by atoms with E-state index < -0.39 is 18.1 Å². The van der Waals surface area contributed by atoms with E-state index in [1.165, 1.54) is 12.8 Å². The Morgan fingerprint density at radius 1 is 1.12 bits per heavy atom. The number of nitrogens with zero attached hydrogens (tertiary/aromatic N) is 2. The quantitative estimate of drug-likeness (QED) is 0.586. The van der Waals surface area contributed by atoms with Crippen LogP contribution < -0.4 is 29.6 Å². The van der Waals surface area contributed by atoms with Crippen LogP contribution in [0.5, 0.6) is 0 Å². The van der Waals surface area contributed by atoms with Crippen LogP contribution in [0.15, 0.2) is 34.3 Å². The summed E-state index contributed by atoms with van der Waals surface area (Å²) in [4.78, 5) is 4.01. The number of aryl methyl sites for hydroxylation is 1. The van der Waals surface area contributed by atoms with E-state index in [4.69, 9.17) is 0 Å². The molecule has 0 amide bonds. The van der Waals surface area contributed by atoms with Crippen molar-refractivity contribution in [3.05, 3.63) is 34.7 Å². The van der Waals surface area contributed by atoms with Crippen LogP contribution in [0.4, 0.5) is 0 Å². The van der Waals surface area contributed by atoms with E-state index in [0.717, 1.165) is 24.1 Å². The maximum absolute atomic E-state index is 12.4. The molecule has 2 bridgehead atoms. The molecular weight excluding hydrogens is 359 g/mol. The van der Waals surface area contributed by atoms with Gasteiger partial charge in [-0.05, 0) is 67.8 Å². The Bertz CT molecular complexity index is 741. The molecule has 3 atom stereocenters. The summed E-state index contributed by atoms with van der Waals surface area (Å²) in [6.07, 6.45) is 4.64. The van der Waals surface area contributed by atoms with Gasteiger partial charge in [0.1, 0.15) is 10.0 Å². The number of hydrogen-bond acceptors (Lipinski definition) is 3. The van der Waals surface area contributed by atoms with E-state index in [9.17, 15) is 8.42 Å². The zero-order valence-corrected chi connectivity index (χ0v) is 19.8. The van der Waals surface area contributed by atoms with E-state index in [2.05, 4.69) is 29.6 Å². The van der Waals surface area contributed by atoms with E-state index >= 15 is 0 Å². The van der Waals surface area contributed by atoms with Crippen molar-refractivity contribution in [2.24, 2.45) is 16.9 Å². The molecule has 25 heavy (non-hydrogen) atoms. The molecule has 3 saturated carbocycles. The second-order valence-corrected chi connectivity index (χ2v) is 15.5. The van der Waals surface area contributed by atoms with Gasteiger partial charge in [-0.25, -0.2) is 8.42 Å². The van der Waals surface area contributed by atoms with Crippen molar-refractivity contribution in [3.63, 3.8) is 0 Å². The average molecular weight is 387 g/mol. The maximum Gasteiger partial charge on any atom is 1.00 e. The normalized spacial score (nSPS) is 27.8. The monoisotopic (exact) mass is 386 g/mol. The molecule has 3 aliphatic carbocycles. The minimum atomic E-state index is -3.70. The van der Waals surface area contributed by atoms with Gasteiger partial charge in [0.25, 0.3) is 0 Å². The molecular formula is C18H27N2NaO2SSi. The van der Waals surface area contributed by atoms with Gasteiger partial charge < -0.3 is 9.93 Å². The van der Waals surface area contributed by atoms with Gasteiger partial charge in [0.15, 0.2) is 0 Å². The van der Waals surface area contributed by atoms with Gasteiger partial charge in [0.2, 0.25) is 0 Å². The third kappa shape index (κ3) is 4.77. The number of rotatable bonds is 4. The summed E-state index contributed by atoms with van der Waals surface area (Å²) in [7, 11) is -4.97. The minimum Gasteiger partial charge on any atom is -0.491 e. The van der Waals surface area contributed by atoms with E-state index in [1.807, 2.05) is 6.92 Å². The molecule has 0 radical (unpaired) electrons. The summed E-state index contributed by atoms with van der Waals surface area (Å²) in [6, 6.07) is 6.79. The van der Waals surface area contributed by atoms with Crippen LogP contribution in [0.2, 0.25) is 25.2 Å². The second-order valence-electron chi connectivity index (χ2n) is 8.42. The molecule has 0 saturated heterocycles. The van der Waals surface area contributed by atoms with Gasteiger partial charge in [0, 0.05) is 8.07 Å². The molecule has 3 aliphatic rings. The smallest absolute Gasteiger partial charge is 0.491 e. The minimum absolute atomic E-state index is 0. The van der Waals surface area contributed by atoms with E-state index in [0.29, 0.717) is 17.4 Å². The Hall–Kier alpha value is -0.143. The van der Waals surface area contributed by atoms with Crippen molar-refractivity contribution >= 4 is 23.8 Å². The van der Waals surface area contributed by atoms with Crippen molar-refractivity contribution in [2.75, 3.05) is 0 Å². The zero-order chi connectivity index (χ0) is 17.5. The first kappa shape index (κ1) is 21.2. The van der Waals surface area contributed by atoms with Crippen molar-refractivity contribution in [3.8, 4) is 0 Å². The summed E-state index contributed by atoms with van der Waals surface area (Å²) in [5, 5.41) is 4.28. The third-order valence-electron chi connectivity index (χ3n) is 5.59. The fourth-order valence-electron chi connectivity index (χ4n) is 4.22. The first-order valence-corrected chi connectivity index (χ1v) is 13.8. The largest absolute Gasteiger partial charge is 1.00 e. The van der Waals surface area contributed by atoms with Crippen molar-refractivity contribution in [1.29, 1.82) is 0 Å². The number of fused-ring (bicyclic) bond motifs is 3. The number of benzene rings is 1. The van der Waals surface area contributed by atoms with E-state index in [-0.39, 0.29) is 34.5 Å². The molecule has 0 N–H and O–H groups in total. The van der Waals surface area contributed by atoms with Crippen molar-refractivity contribution in [1.82, 2.24) is 0 Å². The summed E-state index contributed by atoms with van der Waals surface area (Å²) < 4.78 is 24.8. The fourth-order valence-corrected chi connectivity index (χ4v) is 7.62. The Kier molecular flexibility index (Phi) is 6.64. The zero-order valence-electron chi connectivity index (χ0n) is 16.0. The Labute approximate surface area is 175 Å². The SMILES string of the molecule is Cc1ccc(S(=O)(=O)[N-]/N=C2\C[C@@H]3CC[C@H]2[C@H]([Si](C)(C)C)C3)cc1.[Na+]. The molecule has 3 fully saturated rings. The first-order valence-electron chi connectivity index (χ1n) is 8.77. The van der Waals surface area contributed by atoms with Crippen LogP contribution in [0.25, 0.3) is 4.83 Å². The number of hydrogen-bond donors (Lipinski definition) is 0. The Balaban J connectivity index is 0.00000225. The van der Waals surface area contributed by atoms with Crippen molar-refractivity contribution in [2.45, 2.75) is 62.7 Å². The molecule has 0 aromatic heterocycles. The standard InChI is InChI=1S/C18H27N2O2SSi.Na/c1-13-5-8-15(9-6-13)23(21,22)20-19-17-11-14-7-10-16(17)18(12-14)24(2,3)4;/h5-6,8-9,14,16,18H,7,10-12H2,1-4H3;/q-1;+1/b19-17+;/t14-,16+,18+;/m0./s1. The first-order chi connectivity index (χ1) is 11.2. The predicted octanol–water partition coefficient (Wildman–Crippen LogP) is 1.95. The predicted molar refractivity (Wildman–Crippen MR) is 102 cm³/mol. The molecule has 4 rings (SSSR count). The summed E-state index contributed by atoms with van der Waals surface area (Å²) >= 11 is 0. The fraction of sp³-hybridized carbons (Fsp3) is 0.611. The van der Waals surface area contributed by atoms with Gasteiger partial charge in [-0.3, -0.25) is 0 Å². The van der Waals surface area contributed by atoms with Gasteiger partial charge in [-0.15, -0.1) is 0 Å². The maximum atomic E-state index is 12.4. The molecule has 0 aliphatic heterocycles. The van der Waals surface area contributed by atoms with Crippen LogP contribution >= 0.6 is 0 Å². The molecule has 132 valence electrons. The molecule has 0 heterocycles. The molecule has 7 heteroatoms. The second kappa shape index (κ2) is 7.85. The van der Waals surface area contributed by atoms with Crippen LogP contribution in [-0.2, 0) is 10.0 Å². The molecule has 1 aromatic rings. The molecule has 0 unspecified atom stereocenters. The molecule has 1 aromatic carbocycles. The van der Waals surface area contributed by atoms with Crippen LogP contribution in [0, 0.1) is 18.8 Å².